The second kappa shape index (κ2) is 5.43. The molecule has 2 amide bonds. The molecule has 2 aliphatic carbocycles. The van der Waals surface area contributed by atoms with Crippen molar-refractivity contribution in [2.45, 2.75) is 33.1 Å². The van der Waals surface area contributed by atoms with Crippen molar-refractivity contribution < 1.29 is 19.1 Å². The largest absolute Gasteiger partial charge is 0.425 e. The van der Waals surface area contributed by atoms with Crippen molar-refractivity contribution in [3.05, 3.63) is 29.3 Å². The lowest BCUT2D eigenvalue weighted by molar-refractivity contribution is -0.148. The van der Waals surface area contributed by atoms with Crippen LogP contribution in [0.4, 0.5) is 0 Å². The third kappa shape index (κ3) is 2.18. The first-order chi connectivity index (χ1) is 11.5. The van der Waals surface area contributed by atoms with Crippen LogP contribution in [0, 0.1) is 37.5 Å². The van der Waals surface area contributed by atoms with Gasteiger partial charge in [-0.15, -0.1) is 0 Å². The van der Waals surface area contributed by atoms with E-state index in [0.717, 1.165) is 35.3 Å². The summed E-state index contributed by atoms with van der Waals surface area (Å²) in [5.41, 5.74) is 1.92. The number of hydrogen-bond donors (Lipinski definition) is 0. The maximum atomic E-state index is 12.6. The van der Waals surface area contributed by atoms with Crippen LogP contribution in [-0.4, -0.2) is 29.2 Å². The highest BCUT2D eigenvalue weighted by Crippen LogP contribution is 2.56. The highest BCUT2D eigenvalue weighted by molar-refractivity contribution is 6.07. The van der Waals surface area contributed by atoms with Gasteiger partial charge in [0.2, 0.25) is 11.8 Å². The summed E-state index contributed by atoms with van der Waals surface area (Å²) < 4.78 is 5.39. The van der Waals surface area contributed by atoms with Crippen molar-refractivity contribution in [3.8, 4) is 5.75 Å². The van der Waals surface area contributed by atoms with Gasteiger partial charge in [0.05, 0.1) is 11.8 Å². The molecule has 2 saturated carbocycles. The Kier molecular flexibility index (Phi) is 3.48. The molecular formula is C19H21NO4. The molecule has 0 unspecified atom stereocenters. The minimum absolute atomic E-state index is 0.171. The van der Waals surface area contributed by atoms with Crippen molar-refractivity contribution >= 4 is 17.8 Å². The molecule has 1 heterocycles. The normalized spacial score (nSPS) is 30.8. The Hall–Kier alpha value is -2.17. The van der Waals surface area contributed by atoms with Crippen LogP contribution in [0.25, 0.3) is 0 Å². The first-order valence-electron chi connectivity index (χ1n) is 8.59. The number of carbonyl (C=O) groups excluding carboxylic acids is 3. The zero-order chi connectivity index (χ0) is 17.0. The Labute approximate surface area is 141 Å². The molecule has 3 aliphatic rings. The molecule has 4 atom stereocenters. The van der Waals surface area contributed by atoms with E-state index >= 15 is 0 Å². The molecule has 1 aromatic rings. The lowest BCUT2D eigenvalue weighted by Crippen LogP contribution is -2.38. The number of imide groups is 1. The number of ether oxygens (including phenoxy) is 1. The predicted octanol–water partition coefficient (Wildman–Crippen LogP) is 2.24. The highest BCUT2D eigenvalue weighted by Gasteiger charge is 2.61. The molecule has 0 aromatic heterocycles. The minimum atomic E-state index is -0.558. The molecular weight excluding hydrogens is 306 g/mol. The summed E-state index contributed by atoms with van der Waals surface area (Å²) in [5, 5.41) is 0. The van der Waals surface area contributed by atoms with E-state index in [-0.39, 0.29) is 30.2 Å². The van der Waals surface area contributed by atoms with E-state index in [1.165, 1.54) is 0 Å². The van der Waals surface area contributed by atoms with E-state index in [2.05, 4.69) is 0 Å². The quantitative estimate of drug-likeness (QED) is 0.485. The number of fused-ring (bicyclic) bond motifs is 5. The van der Waals surface area contributed by atoms with Crippen molar-refractivity contribution in [1.29, 1.82) is 0 Å². The zero-order valence-electron chi connectivity index (χ0n) is 14.0. The number of esters is 1. The van der Waals surface area contributed by atoms with Crippen LogP contribution < -0.4 is 4.74 Å². The standard InChI is InChI=1S/C19H21NO4/c1-10-4-3-5-14(11(10)2)24-15(21)9-20-18(22)16-12-6-7-13(8-12)17(16)19(20)23/h3-5,12-13,16-17H,6-9H2,1-2H3/t12-,13-,16-,17-/m0/s1. The molecule has 4 rings (SSSR count). The number of likely N-dealkylation sites (tertiary alicyclic amines) is 1. The summed E-state index contributed by atoms with van der Waals surface area (Å²) in [6, 6.07) is 5.49. The highest BCUT2D eigenvalue weighted by atomic mass is 16.5. The number of aryl methyl sites for hydroxylation is 1. The van der Waals surface area contributed by atoms with Crippen molar-refractivity contribution in [2.24, 2.45) is 23.7 Å². The zero-order valence-corrected chi connectivity index (χ0v) is 14.0. The van der Waals surface area contributed by atoms with Crippen LogP contribution in [0.5, 0.6) is 5.75 Å². The number of carbonyl (C=O) groups is 3. The smallest absolute Gasteiger partial charge is 0.331 e. The van der Waals surface area contributed by atoms with Gasteiger partial charge in [-0.2, -0.15) is 0 Å². The van der Waals surface area contributed by atoms with E-state index in [1.807, 2.05) is 26.0 Å². The molecule has 126 valence electrons. The molecule has 5 heteroatoms. The van der Waals surface area contributed by atoms with Crippen LogP contribution in [0.15, 0.2) is 18.2 Å². The Morgan fingerprint density at radius 3 is 2.38 bits per heavy atom. The first kappa shape index (κ1) is 15.4. The number of amides is 2. The number of hydrogen-bond acceptors (Lipinski definition) is 4. The van der Waals surface area contributed by atoms with E-state index in [9.17, 15) is 14.4 Å². The summed E-state index contributed by atoms with van der Waals surface area (Å²) in [6.07, 6.45) is 3.06. The van der Waals surface area contributed by atoms with Gasteiger partial charge in [-0.3, -0.25) is 14.5 Å². The van der Waals surface area contributed by atoms with Gasteiger partial charge in [0.25, 0.3) is 0 Å². The van der Waals surface area contributed by atoms with Gasteiger partial charge in [-0.25, -0.2) is 4.79 Å². The van der Waals surface area contributed by atoms with Crippen molar-refractivity contribution in [1.82, 2.24) is 4.90 Å². The average molecular weight is 327 g/mol. The van der Waals surface area contributed by atoms with Crippen LogP contribution in [0.2, 0.25) is 0 Å². The lowest BCUT2D eigenvalue weighted by atomic mass is 9.81. The van der Waals surface area contributed by atoms with Gasteiger partial charge in [0, 0.05) is 0 Å². The molecule has 1 saturated heterocycles. The maximum absolute atomic E-state index is 12.6. The fourth-order valence-corrected chi connectivity index (χ4v) is 4.75. The molecule has 24 heavy (non-hydrogen) atoms. The van der Waals surface area contributed by atoms with Gasteiger partial charge in [0.1, 0.15) is 12.3 Å². The Morgan fingerprint density at radius 1 is 1.12 bits per heavy atom. The molecule has 2 bridgehead atoms. The third-order valence-electron chi connectivity index (χ3n) is 6.08. The predicted molar refractivity (Wildman–Crippen MR) is 86.1 cm³/mol. The fourth-order valence-electron chi connectivity index (χ4n) is 4.75. The Bertz CT molecular complexity index is 713. The molecule has 0 radical (unpaired) electrons. The monoisotopic (exact) mass is 327 g/mol. The second-order valence-corrected chi connectivity index (χ2v) is 7.32. The first-order valence-corrected chi connectivity index (χ1v) is 8.59. The van der Waals surface area contributed by atoms with E-state index in [0.29, 0.717) is 17.6 Å². The summed E-state index contributed by atoms with van der Waals surface area (Å²) in [4.78, 5) is 38.6. The molecule has 1 aromatic carbocycles. The minimum Gasteiger partial charge on any atom is -0.425 e. The van der Waals surface area contributed by atoms with E-state index < -0.39 is 5.97 Å². The van der Waals surface area contributed by atoms with Crippen LogP contribution in [0.1, 0.15) is 30.4 Å². The molecule has 1 aliphatic heterocycles. The van der Waals surface area contributed by atoms with Crippen LogP contribution in [-0.2, 0) is 14.4 Å². The molecule has 0 spiro atoms. The Morgan fingerprint density at radius 2 is 1.75 bits per heavy atom. The van der Waals surface area contributed by atoms with Gasteiger partial charge in [-0.05, 0) is 62.1 Å². The van der Waals surface area contributed by atoms with Gasteiger partial charge >= 0.3 is 5.97 Å². The number of nitrogens with zero attached hydrogens (tertiary/aromatic N) is 1. The number of benzene rings is 1. The summed E-state index contributed by atoms with van der Waals surface area (Å²) in [6.45, 7) is 3.54. The summed E-state index contributed by atoms with van der Waals surface area (Å²) >= 11 is 0. The molecule has 3 fully saturated rings. The average Bonchev–Trinajstić information content (AvgIpc) is 3.22. The van der Waals surface area contributed by atoms with Gasteiger partial charge in [-0.1, -0.05) is 12.1 Å². The summed E-state index contributed by atoms with van der Waals surface area (Å²) in [7, 11) is 0. The van der Waals surface area contributed by atoms with Crippen LogP contribution >= 0.6 is 0 Å². The lowest BCUT2D eigenvalue weighted by Gasteiger charge is -2.19. The van der Waals surface area contributed by atoms with Crippen LogP contribution in [0.3, 0.4) is 0 Å². The van der Waals surface area contributed by atoms with Gasteiger partial charge < -0.3 is 4.74 Å². The molecule has 5 nitrogen and oxygen atoms in total. The van der Waals surface area contributed by atoms with Crippen molar-refractivity contribution in [2.75, 3.05) is 6.54 Å². The fraction of sp³-hybridized carbons (Fsp3) is 0.526. The molecule has 0 N–H and O–H groups in total. The van der Waals surface area contributed by atoms with Crippen molar-refractivity contribution in [3.63, 3.8) is 0 Å². The maximum Gasteiger partial charge on any atom is 0.331 e. The second-order valence-electron chi connectivity index (χ2n) is 7.32. The summed E-state index contributed by atoms with van der Waals surface area (Å²) in [5.74, 6) is -0.134. The van der Waals surface area contributed by atoms with Gasteiger partial charge in [0.15, 0.2) is 0 Å². The van der Waals surface area contributed by atoms with E-state index in [1.54, 1.807) is 6.07 Å². The third-order valence-corrected chi connectivity index (χ3v) is 6.08. The number of rotatable bonds is 3. The van der Waals surface area contributed by atoms with E-state index in [4.69, 9.17) is 4.74 Å². The Balaban J connectivity index is 1.47. The topological polar surface area (TPSA) is 63.7 Å². The SMILES string of the molecule is Cc1cccc(OC(=O)CN2C(=O)[C@H]3[C@H]4CC[C@@H](C4)[C@@H]3C2=O)c1C.